The van der Waals surface area contributed by atoms with E-state index < -0.39 is 5.63 Å². The quantitative estimate of drug-likeness (QED) is 0.582. The van der Waals surface area contributed by atoms with Crippen LogP contribution in [0.1, 0.15) is 5.56 Å². The van der Waals surface area contributed by atoms with Gasteiger partial charge in [-0.3, -0.25) is 4.79 Å². The van der Waals surface area contributed by atoms with E-state index in [4.69, 9.17) is 20.8 Å². The van der Waals surface area contributed by atoms with Crippen LogP contribution in [-0.4, -0.2) is 17.8 Å². The van der Waals surface area contributed by atoms with Gasteiger partial charge < -0.3 is 14.5 Å². The first-order chi connectivity index (χ1) is 12.6. The maximum Gasteiger partial charge on any atom is 0.346 e. The summed E-state index contributed by atoms with van der Waals surface area (Å²) in [4.78, 5) is 24.4. The fraction of sp³-hybridized carbons (Fsp3) is 0.158. The lowest BCUT2D eigenvalue weighted by molar-refractivity contribution is -0.115. The summed E-state index contributed by atoms with van der Waals surface area (Å²) in [5.41, 5.74) is 0.825. The van der Waals surface area contributed by atoms with Crippen molar-refractivity contribution in [1.29, 1.82) is 0 Å². The fourth-order valence-corrected chi connectivity index (χ4v) is 2.91. The minimum Gasteiger partial charge on any atom is -0.463 e. The van der Waals surface area contributed by atoms with Crippen LogP contribution in [-0.2, 0) is 11.2 Å². The molecule has 0 fully saturated rings. The molecule has 0 saturated heterocycles. The third kappa shape index (κ3) is 4.26. The predicted octanol–water partition coefficient (Wildman–Crippen LogP) is 4.40. The number of hydrogen-bond donors (Lipinski definition) is 1. The minimum atomic E-state index is -0.576. The van der Waals surface area contributed by atoms with Gasteiger partial charge in [0.05, 0.1) is 11.8 Å². The van der Waals surface area contributed by atoms with Crippen molar-refractivity contribution in [3.63, 3.8) is 0 Å². The SMILES string of the molecule is O=C(Cc1ccccc1)Nc1ccc2c(Cl)c(OCCBr)oc(=O)c2c1. The molecule has 0 unspecified atom stereocenters. The highest BCUT2D eigenvalue weighted by atomic mass is 79.9. The summed E-state index contributed by atoms with van der Waals surface area (Å²) in [5, 5.41) is 4.37. The largest absolute Gasteiger partial charge is 0.463 e. The van der Waals surface area contributed by atoms with Crippen LogP contribution in [0.3, 0.4) is 0 Å². The Morgan fingerprint density at radius 1 is 1.15 bits per heavy atom. The summed E-state index contributed by atoms with van der Waals surface area (Å²) in [6, 6.07) is 14.3. The van der Waals surface area contributed by atoms with Gasteiger partial charge in [0.25, 0.3) is 0 Å². The van der Waals surface area contributed by atoms with Crippen molar-refractivity contribution in [3.8, 4) is 5.95 Å². The number of halogens is 2. The first kappa shape index (κ1) is 18.5. The van der Waals surface area contributed by atoms with Crippen molar-refractivity contribution in [3.05, 3.63) is 69.5 Å². The molecule has 0 aliphatic rings. The number of alkyl halides is 1. The number of benzene rings is 2. The fourth-order valence-electron chi connectivity index (χ4n) is 2.49. The average molecular weight is 437 g/mol. The molecule has 1 amide bonds. The molecule has 7 heteroatoms. The number of rotatable bonds is 6. The second-order valence-corrected chi connectivity index (χ2v) is 6.67. The zero-order valence-corrected chi connectivity index (χ0v) is 16.0. The van der Waals surface area contributed by atoms with Gasteiger partial charge in [-0.05, 0) is 17.7 Å². The molecular formula is C19H15BrClNO4. The minimum absolute atomic E-state index is 0.00974. The molecule has 1 N–H and O–H groups in total. The number of amides is 1. The summed E-state index contributed by atoms with van der Waals surface area (Å²) in [5.74, 6) is -0.187. The molecule has 0 spiro atoms. The molecular weight excluding hydrogens is 422 g/mol. The average Bonchev–Trinajstić information content (AvgIpc) is 2.64. The van der Waals surface area contributed by atoms with Crippen LogP contribution >= 0.6 is 27.5 Å². The molecule has 3 aromatic rings. The van der Waals surface area contributed by atoms with E-state index in [0.29, 0.717) is 23.0 Å². The Hall–Kier alpha value is -2.31. The van der Waals surface area contributed by atoms with Crippen LogP contribution < -0.4 is 15.7 Å². The molecule has 0 atom stereocenters. The van der Waals surface area contributed by atoms with Crippen molar-refractivity contribution in [2.45, 2.75) is 6.42 Å². The van der Waals surface area contributed by atoms with Gasteiger partial charge in [-0.15, -0.1) is 0 Å². The predicted molar refractivity (Wildman–Crippen MR) is 106 cm³/mol. The molecule has 5 nitrogen and oxygen atoms in total. The molecule has 2 aromatic carbocycles. The van der Waals surface area contributed by atoms with Crippen LogP contribution in [0.5, 0.6) is 5.95 Å². The summed E-state index contributed by atoms with van der Waals surface area (Å²) in [6.45, 7) is 0.321. The lowest BCUT2D eigenvalue weighted by Gasteiger charge is -2.09. The smallest absolute Gasteiger partial charge is 0.346 e. The number of carbonyl (C=O) groups excluding carboxylic acids is 1. The van der Waals surface area contributed by atoms with Crippen molar-refractivity contribution < 1.29 is 13.9 Å². The lowest BCUT2D eigenvalue weighted by atomic mass is 10.1. The standard InChI is InChI=1S/C19H15BrClNO4/c20-8-9-25-19-17(21)14-7-6-13(11-15(14)18(24)26-19)22-16(23)10-12-4-2-1-3-5-12/h1-7,11H,8-10H2,(H,22,23). The van der Waals surface area contributed by atoms with Gasteiger partial charge in [0.1, 0.15) is 11.6 Å². The number of carbonyl (C=O) groups is 1. The number of anilines is 1. The van der Waals surface area contributed by atoms with Crippen LogP contribution in [0.4, 0.5) is 5.69 Å². The van der Waals surface area contributed by atoms with E-state index in [0.717, 1.165) is 5.56 Å². The van der Waals surface area contributed by atoms with E-state index in [2.05, 4.69) is 21.2 Å². The molecule has 0 saturated carbocycles. The van der Waals surface area contributed by atoms with Crippen molar-refractivity contribution >= 4 is 49.9 Å². The monoisotopic (exact) mass is 435 g/mol. The Labute approximate surface area is 163 Å². The first-order valence-corrected chi connectivity index (χ1v) is 9.37. The molecule has 0 aliphatic carbocycles. The van der Waals surface area contributed by atoms with Gasteiger partial charge in [0, 0.05) is 16.4 Å². The van der Waals surface area contributed by atoms with Gasteiger partial charge >= 0.3 is 11.6 Å². The van der Waals surface area contributed by atoms with E-state index in [-0.39, 0.29) is 28.7 Å². The molecule has 0 bridgehead atoms. The molecule has 3 rings (SSSR count). The lowest BCUT2D eigenvalue weighted by Crippen LogP contribution is -2.14. The number of hydrogen-bond acceptors (Lipinski definition) is 4. The van der Waals surface area contributed by atoms with Gasteiger partial charge in [-0.25, -0.2) is 4.79 Å². The Bertz CT molecular complexity index is 988. The topological polar surface area (TPSA) is 68.5 Å². The molecule has 0 radical (unpaired) electrons. The molecule has 0 aliphatic heterocycles. The van der Waals surface area contributed by atoms with Gasteiger partial charge in [0.2, 0.25) is 5.91 Å². The maximum atomic E-state index is 12.2. The van der Waals surface area contributed by atoms with Gasteiger partial charge in [-0.2, -0.15) is 0 Å². The molecule has 1 heterocycles. The Kier molecular flexibility index (Phi) is 5.96. The van der Waals surface area contributed by atoms with Crippen molar-refractivity contribution in [2.75, 3.05) is 17.3 Å². The van der Waals surface area contributed by atoms with E-state index in [1.165, 1.54) is 0 Å². The van der Waals surface area contributed by atoms with E-state index >= 15 is 0 Å². The summed E-state index contributed by atoms with van der Waals surface area (Å²) in [7, 11) is 0. The van der Waals surface area contributed by atoms with Crippen LogP contribution in [0.2, 0.25) is 5.02 Å². The maximum absolute atomic E-state index is 12.2. The molecule has 134 valence electrons. The Morgan fingerprint density at radius 2 is 1.92 bits per heavy atom. The van der Waals surface area contributed by atoms with E-state index in [1.54, 1.807) is 18.2 Å². The van der Waals surface area contributed by atoms with Crippen LogP contribution in [0, 0.1) is 0 Å². The zero-order chi connectivity index (χ0) is 18.5. The van der Waals surface area contributed by atoms with Crippen molar-refractivity contribution in [1.82, 2.24) is 0 Å². The van der Waals surface area contributed by atoms with Gasteiger partial charge in [0.15, 0.2) is 0 Å². The normalized spacial score (nSPS) is 10.7. The molecule has 1 aromatic heterocycles. The third-order valence-electron chi connectivity index (χ3n) is 3.64. The Balaban J connectivity index is 1.84. The highest BCUT2D eigenvalue weighted by molar-refractivity contribution is 9.09. The van der Waals surface area contributed by atoms with Crippen LogP contribution in [0.15, 0.2) is 57.7 Å². The first-order valence-electron chi connectivity index (χ1n) is 7.87. The highest BCUT2D eigenvalue weighted by Gasteiger charge is 2.14. The third-order valence-corrected chi connectivity index (χ3v) is 4.32. The second-order valence-electron chi connectivity index (χ2n) is 5.50. The zero-order valence-electron chi connectivity index (χ0n) is 13.6. The van der Waals surface area contributed by atoms with E-state index in [9.17, 15) is 9.59 Å². The number of fused-ring (bicyclic) bond motifs is 1. The number of nitrogens with one attached hydrogen (secondary N) is 1. The number of ether oxygens (including phenoxy) is 1. The van der Waals surface area contributed by atoms with E-state index in [1.807, 2.05) is 30.3 Å². The summed E-state index contributed by atoms with van der Waals surface area (Å²) in [6.07, 6.45) is 0.244. The van der Waals surface area contributed by atoms with Gasteiger partial charge in [-0.1, -0.05) is 63.9 Å². The highest BCUT2D eigenvalue weighted by Crippen LogP contribution is 2.31. The second kappa shape index (κ2) is 8.38. The van der Waals surface area contributed by atoms with Crippen molar-refractivity contribution in [2.24, 2.45) is 0 Å². The molecule has 26 heavy (non-hydrogen) atoms. The summed E-state index contributed by atoms with van der Waals surface area (Å²) >= 11 is 9.48. The summed E-state index contributed by atoms with van der Waals surface area (Å²) < 4.78 is 10.5. The van der Waals surface area contributed by atoms with Crippen LogP contribution in [0.25, 0.3) is 10.8 Å². The Morgan fingerprint density at radius 3 is 2.65 bits per heavy atom.